The number of hydrogen-bond donors (Lipinski definition) is 0. The van der Waals surface area contributed by atoms with E-state index < -0.39 is 0 Å². The molecule has 1 heterocycles. The van der Waals surface area contributed by atoms with E-state index in [0.29, 0.717) is 5.69 Å². The quantitative estimate of drug-likeness (QED) is 0.373. The molecule has 1 aromatic carbocycles. The first-order valence-corrected chi connectivity index (χ1v) is 4.16. The van der Waals surface area contributed by atoms with Crippen LogP contribution in [-0.4, -0.2) is 4.98 Å². The second-order valence-electron chi connectivity index (χ2n) is 2.19. The van der Waals surface area contributed by atoms with Crippen LogP contribution in [0.15, 0.2) is 28.8 Å². The number of aromatic nitrogens is 1. The van der Waals surface area contributed by atoms with Crippen molar-refractivity contribution in [2.24, 2.45) is 5.11 Å². The molecule has 0 atom stereocenters. The fourth-order valence-electron chi connectivity index (χ4n) is 0.960. The Balaban J connectivity index is 2.67. The van der Waals surface area contributed by atoms with E-state index in [1.54, 1.807) is 29.0 Å². The molecule has 12 heavy (non-hydrogen) atoms. The Hall–Kier alpha value is -1.58. The fraction of sp³-hybridized carbons (Fsp3) is 0. The molecule has 0 bridgehead atoms. The van der Waals surface area contributed by atoms with Gasteiger partial charge in [-0.1, -0.05) is 11.2 Å². The summed E-state index contributed by atoms with van der Waals surface area (Å²) in [5.41, 5.74) is 11.4. The van der Waals surface area contributed by atoms with Crippen molar-refractivity contribution >= 4 is 27.2 Å². The average Bonchev–Trinajstić information content (AvgIpc) is 2.51. The second-order valence-corrected chi connectivity index (χ2v) is 3.08. The van der Waals surface area contributed by atoms with Crippen LogP contribution < -0.4 is 0 Å². The smallest absolute Gasteiger partial charge is 0.0816 e. The van der Waals surface area contributed by atoms with Crippen molar-refractivity contribution in [2.75, 3.05) is 0 Å². The van der Waals surface area contributed by atoms with Gasteiger partial charge in [0.05, 0.1) is 15.7 Å². The topological polar surface area (TPSA) is 61.7 Å². The number of rotatable bonds is 1. The van der Waals surface area contributed by atoms with E-state index >= 15 is 0 Å². The third kappa shape index (κ3) is 1.11. The van der Waals surface area contributed by atoms with E-state index in [1.807, 2.05) is 6.07 Å². The molecule has 0 radical (unpaired) electrons. The highest BCUT2D eigenvalue weighted by Gasteiger charge is 1.95. The summed E-state index contributed by atoms with van der Waals surface area (Å²) in [4.78, 5) is 6.79. The number of nitrogens with zero attached hydrogens (tertiary/aromatic N) is 4. The predicted octanol–water partition coefficient (Wildman–Crippen LogP) is 3.24. The van der Waals surface area contributed by atoms with Crippen LogP contribution in [0.3, 0.4) is 0 Å². The van der Waals surface area contributed by atoms with Gasteiger partial charge in [0.15, 0.2) is 0 Å². The highest BCUT2D eigenvalue weighted by molar-refractivity contribution is 7.16. The van der Waals surface area contributed by atoms with E-state index in [0.717, 1.165) is 10.2 Å². The van der Waals surface area contributed by atoms with Crippen LogP contribution in [0.25, 0.3) is 20.7 Å². The summed E-state index contributed by atoms with van der Waals surface area (Å²) in [6.45, 7) is 0. The summed E-state index contributed by atoms with van der Waals surface area (Å²) >= 11 is 1.57. The number of azide groups is 1. The molecule has 2 aromatic rings. The summed E-state index contributed by atoms with van der Waals surface area (Å²) in [6.07, 6.45) is 0. The van der Waals surface area contributed by atoms with Crippen LogP contribution in [0.4, 0.5) is 5.69 Å². The molecule has 0 unspecified atom stereocenters. The molecule has 0 aliphatic carbocycles. The van der Waals surface area contributed by atoms with Crippen LogP contribution in [-0.2, 0) is 0 Å². The zero-order valence-corrected chi connectivity index (χ0v) is 6.82. The lowest BCUT2D eigenvalue weighted by atomic mass is 10.3. The van der Waals surface area contributed by atoms with Gasteiger partial charge in [0.2, 0.25) is 0 Å². The first-order valence-electron chi connectivity index (χ1n) is 3.28. The molecule has 0 spiro atoms. The minimum absolute atomic E-state index is 0.607. The average molecular weight is 176 g/mol. The monoisotopic (exact) mass is 176 g/mol. The van der Waals surface area contributed by atoms with Crippen LogP contribution in [0.2, 0.25) is 0 Å². The Morgan fingerprint density at radius 2 is 2.42 bits per heavy atom. The molecule has 0 fully saturated rings. The summed E-state index contributed by atoms with van der Waals surface area (Å²) in [5.74, 6) is 0. The molecule has 0 aliphatic rings. The molecular weight excluding hydrogens is 172 g/mol. The molecule has 0 N–H and O–H groups in total. The van der Waals surface area contributed by atoms with E-state index in [2.05, 4.69) is 15.0 Å². The summed E-state index contributed by atoms with van der Waals surface area (Å²) in [7, 11) is 0. The molecule has 1 aromatic heterocycles. The van der Waals surface area contributed by atoms with Gasteiger partial charge in [-0.2, -0.15) is 0 Å². The summed E-state index contributed by atoms with van der Waals surface area (Å²) in [6, 6.07) is 5.45. The minimum Gasteiger partial charge on any atom is -0.245 e. The van der Waals surface area contributed by atoms with Gasteiger partial charge in [0.1, 0.15) is 0 Å². The number of thiazole rings is 1. The molecular formula is C7H4N4S. The van der Waals surface area contributed by atoms with Crippen molar-refractivity contribution in [1.29, 1.82) is 0 Å². The van der Waals surface area contributed by atoms with Gasteiger partial charge >= 0.3 is 0 Å². The van der Waals surface area contributed by atoms with Gasteiger partial charge in [-0.25, -0.2) is 4.98 Å². The van der Waals surface area contributed by atoms with Crippen molar-refractivity contribution in [2.45, 2.75) is 0 Å². The lowest BCUT2D eigenvalue weighted by Crippen LogP contribution is -1.65. The largest absolute Gasteiger partial charge is 0.245 e. The van der Waals surface area contributed by atoms with E-state index in [1.165, 1.54) is 0 Å². The van der Waals surface area contributed by atoms with E-state index in [4.69, 9.17) is 5.53 Å². The van der Waals surface area contributed by atoms with Crippen molar-refractivity contribution in [1.82, 2.24) is 4.98 Å². The molecule has 0 aliphatic heterocycles. The molecule has 0 saturated carbocycles. The Morgan fingerprint density at radius 1 is 1.50 bits per heavy atom. The Labute approximate surface area is 72.1 Å². The van der Waals surface area contributed by atoms with Crippen LogP contribution in [0.1, 0.15) is 0 Å². The van der Waals surface area contributed by atoms with Crippen LogP contribution in [0.5, 0.6) is 0 Å². The normalized spacial score (nSPS) is 9.67. The van der Waals surface area contributed by atoms with Crippen LogP contribution in [0, 0.1) is 0 Å². The molecule has 2 rings (SSSR count). The summed E-state index contributed by atoms with van der Waals surface area (Å²) in [5, 5.41) is 3.48. The van der Waals surface area contributed by atoms with Crippen molar-refractivity contribution in [3.8, 4) is 0 Å². The fourth-order valence-corrected chi connectivity index (χ4v) is 1.62. The lowest BCUT2D eigenvalue weighted by molar-refractivity contribution is 1.46. The van der Waals surface area contributed by atoms with E-state index in [9.17, 15) is 0 Å². The maximum atomic E-state index is 8.18. The minimum atomic E-state index is 0.607. The Kier molecular flexibility index (Phi) is 1.66. The van der Waals surface area contributed by atoms with Crippen LogP contribution >= 0.6 is 11.3 Å². The molecule has 5 heteroatoms. The zero-order valence-electron chi connectivity index (χ0n) is 6.01. The maximum Gasteiger partial charge on any atom is 0.0816 e. The van der Waals surface area contributed by atoms with Crippen molar-refractivity contribution in [3.05, 3.63) is 34.2 Å². The third-order valence-electron chi connectivity index (χ3n) is 1.47. The maximum absolute atomic E-state index is 8.18. The Bertz CT molecular complexity index is 455. The van der Waals surface area contributed by atoms with Crippen molar-refractivity contribution in [3.63, 3.8) is 0 Å². The molecule has 0 amide bonds. The molecule has 58 valence electrons. The highest BCUT2D eigenvalue weighted by Crippen LogP contribution is 2.22. The highest BCUT2D eigenvalue weighted by atomic mass is 32.1. The number of hydrogen-bond acceptors (Lipinski definition) is 3. The van der Waals surface area contributed by atoms with Gasteiger partial charge in [-0.05, 0) is 17.7 Å². The number of fused-ring (bicyclic) bond motifs is 1. The van der Waals surface area contributed by atoms with Gasteiger partial charge in [0, 0.05) is 10.6 Å². The van der Waals surface area contributed by atoms with Gasteiger partial charge in [-0.15, -0.1) is 11.3 Å². The van der Waals surface area contributed by atoms with Gasteiger partial charge < -0.3 is 0 Å². The predicted molar refractivity (Wildman–Crippen MR) is 48.4 cm³/mol. The molecule has 4 nitrogen and oxygen atoms in total. The van der Waals surface area contributed by atoms with Crippen molar-refractivity contribution < 1.29 is 0 Å². The number of benzene rings is 1. The SMILES string of the molecule is [N-]=[N+]=Nc1ccc2scnc2c1. The zero-order chi connectivity index (χ0) is 8.39. The van der Waals surface area contributed by atoms with Gasteiger partial charge in [-0.3, -0.25) is 0 Å². The first kappa shape index (κ1) is 7.09. The van der Waals surface area contributed by atoms with Gasteiger partial charge in [0.25, 0.3) is 0 Å². The molecule has 0 saturated heterocycles. The lowest BCUT2D eigenvalue weighted by Gasteiger charge is -1.89. The first-order chi connectivity index (χ1) is 5.90. The summed E-state index contributed by atoms with van der Waals surface area (Å²) < 4.78 is 1.10. The Morgan fingerprint density at radius 3 is 3.25 bits per heavy atom. The standard InChI is InChI=1S/C7H4N4S/c8-11-10-5-1-2-7-6(3-5)9-4-12-7/h1-4H. The van der Waals surface area contributed by atoms with E-state index in [-0.39, 0.29) is 0 Å². The third-order valence-corrected chi connectivity index (χ3v) is 2.28. The second kappa shape index (κ2) is 2.81.